The van der Waals surface area contributed by atoms with Gasteiger partial charge in [0.2, 0.25) is 0 Å². The van der Waals surface area contributed by atoms with E-state index in [-0.39, 0.29) is 15.6 Å². The van der Waals surface area contributed by atoms with Crippen molar-refractivity contribution in [1.29, 1.82) is 0 Å². The Morgan fingerprint density at radius 3 is 2.48 bits per heavy atom. The van der Waals surface area contributed by atoms with Gasteiger partial charge in [-0.05, 0) is 36.8 Å². The lowest BCUT2D eigenvalue weighted by Crippen LogP contribution is -2.16. The van der Waals surface area contributed by atoms with Crippen LogP contribution in [0.5, 0.6) is 0 Å². The van der Waals surface area contributed by atoms with Gasteiger partial charge in [-0.3, -0.25) is 4.72 Å². The van der Waals surface area contributed by atoms with Crippen molar-refractivity contribution in [1.82, 2.24) is 0 Å². The van der Waals surface area contributed by atoms with Gasteiger partial charge >= 0.3 is 0 Å². The van der Waals surface area contributed by atoms with E-state index in [9.17, 15) is 12.8 Å². The van der Waals surface area contributed by atoms with Crippen LogP contribution in [0.15, 0.2) is 47.4 Å². The second-order valence-corrected chi connectivity index (χ2v) is 6.52. The summed E-state index contributed by atoms with van der Waals surface area (Å²) in [5.41, 5.74) is 6.45. The topological polar surface area (TPSA) is 72.2 Å². The molecule has 0 aliphatic heterocycles. The fourth-order valence-electron chi connectivity index (χ4n) is 1.85. The first kappa shape index (κ1) is 15.4. The molecule has 21 heavy (non-hydrogen) atoms. The highest BCUT2D eigenvalue weighted by Crippen LogP contribution is 2.22. The maximum absolute atomic E-state index is 13.5. The average molecular weight is 324 g/mol. The van der Waals surface area contributed by atoms with E-state index in [0.717, 1.165) is 0 Å². The van der Waals surface area contributed by atoms with E-state index in [4.69, 9.17) is 18.0 Å². The highest BCUT2D eigenvalue weighted by atomic mass is 32.2. The molecule has 0 saturated carbocycles. The third-order valence-electron chi connectivity index (χ3n) is 2.87. The van der Waals surface area contributed by atoms with E-state index in [2.05, 4.69) is 4.72 Å². The molecule has 0 bridgehead atoms. The molecule has 0 saturated heterocycles. The smallest absolute Gasteiger partial charge is 0.262 e. The van der Waals surface area contributed by atoms with Crippen molar-refractivity contribution in [3.05, 3.63) is 59.4 Å². The number of hydrogen-bond donors (Lipinski definition) is 2. The predicted molar refractivity (Wildman–Crippen MR) is 84.3 cm³/mol. The van der Waals surface area contributed by atoms with Gasteiger partial charge in [-0.25, -0.2) is 12.8 Å². The highest BCUT2D eigenvalue weighted by molar-refractivity contribution is 7.92. The Balaban J connectivity index is 2.41. The fourth-order valence-corrected chi connectivity index (χ4v) is 3.27. The molecule has 0 aliphatic rings. The van der Waals surface area contributed by atoms with Gasteiger partial charge in [0, 0.05) is 5.56 Å². The van der Waals surface area contributed by atoms with Crippen LogP contribution in [0.2, 0.25) is 0 Å². The van der Waals surface area contributed by atoms with Crippen LogP contribution in [0.1, 0.15) is 11.1 Å². The largest absolute Gasteiger partial charge is 0.389 e. The standard InChI is InChI=1S/C14H13FN2O2S2/c1-9-8-10(14(16)20)6-7-13(9)21(18,19)17-12-5-3-2-4-11(12)15/h2-8,17H,1H3,(H2,16,20). The Morgan fingerprint density at radius 1 is 1.24 bits per heavy atom. The van der Waals surface area contributed by atoms with E-state index in [1.165, 1.54) is 30.3 Å². The minimum absolute atomic E-state index is 0.0470. The summed E-state index contributed by atoms with van der Waals surface area (Å²) in [6, 6.07) is 10.1. The summed E-state index contributed by atoms with van der Waals surface area (Å²) in [6.45, 7) is 1.62. The van der Waals surface area contributed by atoms with E-state index >= 15 is 0 Å². The minimum Gasteiger partial charge on any atom is -0.389 e. The van der Waals surface area contributed by atoms with Crippen LogP contribution in [0.25, 0.3) is 0 Å². The van der Waals surface area contributed by atoms with Crippen LogP contribution in [-0.4, -0.2) is 13.4 Å². The van der Waals surface area contributed by atoms with Gasteiger partial charge in [-0.15, -0.1) is 0 Å². The number of para-hydroxylation sites is 1. The van der Waals surface area contributed by atoms with Gasteiger partial charge < -0.3 is 5.73 Å². The molecule has 110 valence electrons. The second-order valence-electron chi connectivity index (χ2n) is 4.43. The SMILES string of the molecule is Cc1cc(C(N)=S)ccc1S(=O)(=O)Nc1ccccc1F. The van der Waals surface area contributed by atoms with Crippen molar-refractivity contribution in [3.63, 3.8) is 0 Å². The molecule has 7 heteroatoms. The predicted octanol–water partition coefficient (Wildman–Crippen LogP) is 2.57. The van der Waals surface area contributed by atoms with Gasteiger partial charge in [0.1, 0.15) is 10.8 Å². The van der Waals surface area contributed by atoms with Crippen LogP contribution in [-0.2, 0) is 10.0 Å². The first-order valence-corrected chi connectivity index (χ1v) is 7.88. The molecule has 0 atom stereocenters. The molecule has 0 amide bonds. The maximum atomic E-state index is 13.5. The molecule has 0 radical (unpaired) electrons. The number of anilines is 1. The molecule has 0 fully saturated rings. The number of halogens is 1. The van der Waals surface area contributed by atoms with Crippen LogP contribution in [0, 0.1) is 12.7 Å². The Morgan fingerprint density at radius 2 is 1.90 bits per heavy atom. The number of thiocarbonyl (C=S) groups is 1. The third kappa shape index (κ3) is 3.37. The summed E-state index contributed by atoms with van der Waals surface area (Å²) in [7, 11) is -3.88. The zero-order chi connectivity index (χ0) is 15.6. The van der Waals surface area contributed by atoms with Gasteiger partial charge in [0.05, 0.1) is 10.6 Å². The minimum atomic E-state index is -3.88. The molecule has 0 aliphatic carbocycles. The van der Waals surface area contributed by atoms with Gasteiger partial charge in [-0.2, -0.15) is 0 Å². The Kier molecular flexibility index (Phi) is 4.24. The Bertz CT molecular complexity index is 804. The average Bonchev–Trinajstić information content (AvgIpc) is 2.40. The fraction of sp³-hybridized carbons (Fsp3) is 0.0714. The van der Waals surface area contributed by atoms with Crippen molar-refractivity contribution in [2.75, 3.05) is 4.72 Å². The van der Waals surface area contributed by atoms with Crippen LogP contribution < -0.4 is 10.5 Å². The Hall–Kier alpha value is -1.99. The zero-order valence-electron chi connectivity index (χ0n) is 11.1. The lowest BCUT2D eigenvalue weighted by atomic mass is 10.1. The summed E-state index contributed by atoms with van der Waals surface area (Å²) >= 11 is 4.84. The number of rotatable bonds is 4. The monoisotopic (exact) mass is 324 g/mol. The maximum Gasteiger partial charge on any atom is 0.262 e. The molecule has 2 aromatic rings. The molecular formula is C14H13FN2O2S2. The summed E-state index contributed by atoms with van der Waals surface area (Å²) in [6.07, 6.45) is 0. The van der Waals surface area contributed by atoms with Gasteiger partial charge in [0.25, 0.3) is 10.0 Å². The van der Waals surface area contributed by atoms with E-state index in [1.807, 2.05) is 0 Å². The first-order valence-electron chi connectivity index (χ1n) is 5.99. The molecule has 0 aromatic heterocycles. The van der Waals surface area contributed by atoms with Crippen LogP contribution >= 0.6 is 12.2 Å². The number of hydrogen-bond acceptors (Lipinski definition) is 3. The van der Waals surface area contributed by atoms with Crippen LogP contribution in [0.4, 0.5) is 10.1 Å². The number of aryl methyl sites for hydroxylation is 1. The van der Waals surface area contributed by atoms with Gasteiger partial charge in [0.15, 0.2) is 0 Å². The summed E-state index contributed by atoms with van der Waals surface area (Å²) in [4.78, 5) is 0.231. The molecule has 4 nitrogen and oxygen atoms in total. The second kappa shape index (κ2) is 5.79. The lowest BCUT2D eigenvalue weighted by Gasteiger charge is -2.12. The van der Waals surface area contributed by atoms with Crippen molar-refractivity contribution in [2.24, 2.45) is 5.73 Å². The van der Waals surface area contributed by atoms with E-state index < -0.39 is 15.8 Å². The molecule has 0 heterocycles. The molecule has 0 unspecified atom stereocenters. The molecular weight excluding hydrogens is 311 g/mol. The molecule has 2 rings (SSSR count). The van der Waals surface area contributed by atoms with Crippen molar-refractivity contribution in [3.8, 4) is 0 Å². The summed E-state index contributed by atoms with van der Waals surface area (Å²) < 4.78 is 40.4. The summed E-state index contributed by atoms with van der Waals surface area (Å²) in [5.74, 6) is -0.640. The summed E-state index contributed by atoms with van der Waals surface area (Å²) in [5, 5.41) is 0. The quantitative estimate of drug-likeness (QED) is 0.848. The third-order valence-corrected chi connectivity index (χ3v) is 4.63. The zero-order valence-corrected chi connectivity index (χ0v) is 12.8. The highest BCUT2D eigenvalue weighted by Gasteiger charge is 2.18. The Labute approximate surface area is 127 Å². The van der Waals surface area contributed by atoms with E-state index in [1.54, 1.807) is 19.1 Å². The first-order chi connectivity index (χ1) is 9.81. The van der Waals surface area contributed by atoms with Crippen LogP contribution in [0.3, 0.4) is 0 Å². The molecule has 3 N–H and O–H groups in total. The van der Waals surface area contributed by atoms with Gasteiger partial charge in [-0.1, -0.05) is 30.4 Å². The number of benzene rings is 2. The molecule has 2 aromatic carbocycles. The normalized spacial score (nSPS) is 11.1. The van der Waals surface area contributed by atoms with Crippen molar-refractivity contribution < 1.29 is 12.8 Å². The number of sulfonamides is 1. The lowest BCUT2D eigenvalue weighted by molar-refractivity contribution is 0.598. The number of nitrogens with two attached hydrogens (primary N) is 1. The molecule has 0 spiro atoms. The van der Waals surface area contributed by atoms with Crippen molar-refractivity contribution >= 4 is 32.9 Å². The van der Waals surface area contributed by atoms with Crippen molar-refractivity contribution in [2.45, 2.75) is 11.8 Å². The number of nitrogens with one attached hydrogen (secondary N) is 1. The van der Waals surface area contributed by atoms with E-state index in [0.29, 0.717) is 11.1 Å².